The molecular formula is C21H21NO5S. The van der Waals surface area contributed by atoms with Gasteiger partial charge in [-0.25, -0.2) is 8.42 Å². The topological polar surface area (TPSA) is 81.7 Å². The van der Waals surface area contributed by atoms with E-state index in [4.69, 9.17) is 9.47 Å². The maximum absolute atomic E-state index is 12.3. The molecule has 7 heteroatoms. The normalized spacial score (nSPS) is 11.3. The van der Waals surface area contributed by atoms with Gasteiger partial charge in [0.05, 0.1) is 11.5 Å². The molecule has 3 aromatic rings. The number of esters is 1. The Labute approximate surface area is 164 Å². The first-order valence-corrected chi connectivity index (χ1v) is 10.3. The molecule has 6 nitrogen and oxygen atoms in total. The van der Waals surface area contributed by atoms with E-state index < -0.39 is 22.5 Å². The largest absolute Gasteiger partial charge is 0.494 e. The second-order valence-corrected chi connectivity index (χ2v) is 7.79. The SMILES string of the molecule is CCOc1ccc(S(=O)(=O)NCC(=O)OCc2cccc3ccccc23)cc1. The third-order valence-corrected chi connectivity index (χ3v) is 5.54. The van der Waals surface area contributed by atoms with Crippen molar-refractivity contribution in [3.63, 3.8) is 0 Å². The molecule has 0 amide bonds. The predicted molar refractivity (Wildman–Crippen MR) is 107 cm³/mol. The highest BCUT2D eigenvalue weighted by Gasteiger charge is 2.16. The molecule has 0 aliphatic rings. The van der Waals surface area contributed by atoms with Crippen LogP contribution in [0.2, 0.25) is 0 Å². The van der Waals surface area contributed by atoms with Gasteiger partial charge >= 0.3 is 5.97 Å². The summed E-state index contributed by atoms with van der Waals surface area (Å²) in [6.45, 7) is 1.97. The molecule has 0 unspecified atom stereocenters. The lowest BCUT2D eigenvalue weighted by Gasteiger charge is -2.10. The molecule has 3 rings (SSSR count). The van der Waals surface area contributed by atoms with E-state index in [-0.39, 0.29) is 11.5 Å². The number of ether oxygens (including phenoxy) is 2. The Hall–Kier alpha value is -2.90. The van der Waals surface area contributed by atoms with E-state index in [9.17, 15) is 13.2 Å². The van der Waals surface area contributed by atoms with E-state index in [2.05, 4.69) is 4.72 Å². The number of nitrogens with one attached hydrogen (secondary N) is 1. The van der Waals surface area contributed by atoms with Gasteiger partial charge in [-0.1, -0.05) is 42.5 Å². The van der Waals surface area contributed by atoms with Gasteiger partial charge in [0.15, 0.2) is 0 Å². The number of sulfonamides is 1. The average molecular weight is 399 g/mol. The smallest absolute Gasteiger partial charge is 0.321 e. The highest BCUT2D eigenvalue weighted by Crippen LogP contribution is 2.19. The molecule has 0 saturated carbocycles. The standard InChI is InChI=1S/C21H21NO5S/c1-2-26-18-10-12-19(13-11-18)28(24,25)22-14-21(23)27-15-17-8-5-7-16-6-3-4-9-20(16)17/h3-13,22H,2,14-15H2,1H3. The monoisotopic (exact) mass is 399 g/mol. The number of fused-ring (bicyclic) bond motifs is 1. The third kappa shape index (κ3) is 4.88. The van der Waals surface area contributed by atoms with Gasteiger partial charge < -0.3 is 9.47 Å². The van der Waals surface area contributed by atoms with Crippen molar-refractivity contribution >= 4 is 26.8 Å². The quantitative estimate of drug-likeness (QED) is 0.588. The third-order valence-electron chi connectivity index (χ3n) is 4.12. The minimum atomic E-state index is -3.81. The summed E-state index contributed by atoms with van der Waals surface area (Å²) in [5.41, 5.74) is 0.862. The van der Waals surface area contributed by atoms with Crippen LogP contribution in [-0.4, -0.2) is 27.5 Å². The molecule has 0 radical (unpaired) electrons. The number of hydrogen-bond acceptors (Lipinski definition) is 5. The maximum Gasteiger partial charge on any atom is 0.321 e. The minimum absolute atomic E-state index is 0.0535. The molecule has 0 atom stereocenters. The first-order chi connectivity index (χ1) is 13.5. The Kier molecular flexibility index (Phi) is 6.28. The molecule has 28 heavy (non-hydrogen) atoms. The lowest BCUT2D eigenvalue weighted by Crippen LogP contribution is -2.30. The van der Waals surface area contributed by atoms with Crippen LogP contribution in [0.3, 0.4) is 0 Å². The maximum atomic E-state index is 12.3. The van der Waals surface area contributed by atoms with Crippen molar-refractivity contribution in [1.82, 2.24) is 4.72 Å². The molecular weight excluding hydrogens is 378 g/mol. The Morgan fingerprint density at radius 2 is 1.68 bits per heavy atom. The van der Waals surface area contributed by atoms with Crippen molar-refractivity contribution in [3.05, 3.63) is 72.3 Å². The van der Waals surface area contributed by atoms with E-state index >= 15 is 0 Å². The fraction of sp³-hybridized carbons (Fsp3) is 0.190. The summed E-state index contributed by atoms with van der Waals surface area (Å²) in [4.78, 5) is 12.1. The summed E-state index contributed by atoms with van der Waals surface area (Å²) in [5, 5.41) is 2.04. The van der Waals surface area contributed by atoms with Crippen molar-refractivity contribution in [1.29, 1.82) is 0 Å². The van der Waals surface area contributed by atoms with Crippen LogP contribution in [-0.2, 0) is 26.2 Å². The van der Waals surface area contributed by atoms with E-state index in [0.29, 0.717) is 12.4 Å². The van der Waals surface area contributed by atoms with Gasteiger partial charge in [0, 0.05) is 0 Å². The molecule has 0 aromatic heterocycles. The van der Waals surface area contributed by atoms with Crippen molar-refractivity contribution in [2.75, 3.05) is 13.2 Å². The molecule has 0 spiro atoms. The van der Waals surface area contributed by atoms with E-state index in [1.54, 1.807) is 12.1 Å². The predicted octanol–water partition coefficient (Wildman–Crippen LogP) is 3.26. The first kappa shape index (κ1) is 19.9. The van der Waals surface area contributed by atoms with E-state index in [1.807, 2.05) is 49.4 Å². The van der Waals surface area contributed by atoms with Gasteiger partial charge in [-0.2, -0.15) is 4.72 Å². The molecule has 0 saturated heterocycles. The number of benzene rings is 3. The van der Waals surface area contributed by atoms with Gasteiger partial charge in [0.25, 0.3) is 0 Å². The van der Waals surface area contributed by atoms with Crippen LogP contribution >= 0.6 is 0 Å². The minimum Gasteiger partial charge on any atom is -0.494 e. The van der Waals surface area contributed by atoms with Crippen molar-refractivity contribution < 1.29 is 22.7 Å². The number of rotatable bonds is 8. The summed E-state index contributed by atoms with van der Waals surface area (Å²) < 4.78 is 37.4. The molecule has 1 N–H and O–H groups in total. The van der Waals surface area contributed by atoms with Crippen molar-refractivity contribution in [2.24, 2.45) is 0 Å². The van der Waals surface area contributed by atoms with Crippen LogP contribution < -0.4 is 9.46 Å². The lowest BCUT2D eigenvalue weighted by atomic mass is 10.1. The zero-order valence-electron chi connectivity index (χ0n) is 15.4. The molecule has 3 aromatic carbocycles. The lowest BCUT2D eigenvalue weighted by molar-refractivity contribution is -0.143. The molecule has 0 heterocycles. The Balaban J connectivity index is 1.57. The van der Waals surface area contributed by atoms with Crippen LogP contribution in [0.4, 0.5) is 0 Å². The number of carbonyl (C=O) groups is 1. The zero-order chi connectivity index (χ0) is 20.0. The summed E-state index contributed by atoms with van der Waals surface area (Å²) in [7, 11) is -3.81. The van der Waals surface area contributed by atoms with Crippen LogP contribution in [0.25, 0.3) is 10.8 Å². The van der Waals surface area contributed by atoms with Crippen LogP contribution in [0.5, 0.6) is 5.75 Å². The number of carbonyl (C=O) groups excluding carboxylic acids is 1. The molecule has 0 aliphatic carbocycles. The second-order valence-electron chi connectivity index (χ2n) is 6.03. The fourth-order valence-corrected chi connectivity index (χ4v) is 3.72. The molecule has 0 fully saturated rings. The summed E-state index contributed by atoms with van der Waals surface area (Å²) >= 11 is 0. The first-order valence-electron chi connectivity index (χ1n) is 8.84. The van der Waals surface area contributed by atoms with E-state index in [0.717, 1.165) is 16.3 Å². The summed E-state index contributed by atoms with van der Waals surface area (Å²) in [5.74, 6) is -0.0709. The summed E-state index contributed by atoms with van der Waals surface area (Å²) in [6.07, 6.45) is 0. The van der Waals surface area contributed by atoms with Crippen LogP contribution in [0.15, 0.2) is 71.6 Å². The fourth-order valence-electron chi connectivity index (χ4n) is 2.75. The Bertz CT molecular complexity index is 1060. The highest BCUT2D eigenvalue weighted by atomic mass is 32.2. The van der Waals surface area contributed by atoms with Crippen molar-refractivity contribution in [3.8, 4) is 5.75 Å². The van der Waals surface area contributed by atoms with Gasteiger partial charge in [0.2, 0.25) is 10.0 Å². The molecule has 0 bridgehead atoms. The Morgan fingerprint density at radius 1 is 0.964 bits per heavy atom. The van der Waals surface area contributed by atoms with Gasteiger partial charge in [-0.15, -0.1) is 0 Å². The summed E-state index contributed by atoms with van der Waals surface area (Å²) in [6, 6.07) is 19.5. The highest BCUT2D eigenvalue weighted by molar-refractivity contribution is 7.89. The zero-order valence-corrected chi connectivity index (χ0v) is 16.2. The van der Waals surface area contributed by atoms with Gasteiger partial charge in [0.1, 0.15) is 18.9 Å². The molecule has 146 valence electrons. The Morgan fingerprint density at radius 3 is 2.43 bits per heavy atom. The van der Waals surface area contributed by atoms with Gasteiger partial charge in [-0.3, -0.25) is 4.79 Å². The average Bonchev–Trinajstić information content (AvgIpc) is 2.71. The van der Waals surface area contributed by atoms with Crippen LogP contribution in [0, 0.1) is 0 Å². The van der Waals surface area contributed by atoms with Crippen molar-refractivity contribution in [2.45, 2.75) is 18.4 Å². The van der Waals surface area contributed by atoms with Gasteiger partial charge in [-0.05, 0) is 47.5 Å². The molecule has 0 aliphatic heterocycles. The second kappa shape index (κ2) is 8.86. The van der Waals surface area contributed by atoms with Crippen LogP contribution in [0.1, 0.15) is 12.5 Å². The number of hydrogen-bond donors (Lipinski definition) is 1. The van der Waals surface area contributed by atoms with E-state index in [1.165, 1.54) is 12.1 Å².